The summed E-state index contributed by atoms with van der Waals surface area (Å²) in [7, 11) is 0. The van der Waals surface area contributed by atoms with Crippen LogP contribution in [0.15, 0.2) is 33.8 Å². The van der Waals surface area contributed by atoms with Gasteiger partial charge in [-0.1, -0.05) is 39.8 Å². The largest absolute Gasteiger partial charge is 0.334 e. The van der Waals surface area contributed by atoms with E-state index >= 15 is 0 Å². The molecular weight excluding hydrogens is 256 g/mol. The summed E-state index contributed by atoms with van der Waals surface area (Å²) in [6.45, 7) is 5.59. The molecule has 0 saturated carbocycles. The fourth-order valence-corrected chi connectivity index (χ4v) is 1.55. The second kappa shape index (κ2) is 3.98. The Balaban J connectivity index is 2.44. The van der Waals surface area contributed by atoms with Crippen LogP contribution in [-0.2, 0) is 0 Å². The van der Waals surface area contributed by atoms with Crippen LogP contribution >= 0.6 is 15.9 Å². The maximum Gasteiger partial charge on any atom is 0.250 e. The van der Waals surface area contributed by atoms with E-state index in [1.54, 1.807) is 0 Å². The molecule has 0 unspecified atom stereocenters. The number of aryl methyl sites for hydroxylation is 1. The summed E-state index contributed by atoms with van der Waals surface area (Å²) in [4.78, 5) is 4.15. The second-order valence-electron chi connectivity index (χ2n) is 3.12. The summed E-state index contributed by atoms with van der Waals surface area (Å²) >= 11 is 3.46. The number of hydrogen-bond acceptors (Lipinski definition) is 3. The zero-order valence-electron chi connectivity index (χ0n) is 8.20. The highest BCUT2D eigenvalue weighted by atomic mass is 79.9. The summed E-state index contributed by atoms with van der Waals surface area (Å²) in [6, 6.07) is 5.92. The van der Waals surface area contributed by atoms with Crippen molar-refractivity contribution in [2.75, 3.05) is 0 Å². The first-order chi connectivity index (χ1) is 7.20. The van der Waals surface area contributed by atoms with Gasteiger partial charge in [-0.25, -0.2) is 0 Å². The van der Waals surface area contributed by atoms with E-state index in [0.29, 0.717) is 11.7 Å². The van der Waals surface area contributed by atoms with Gasteiger partial charge in [0.2, 0.25) is 11.7 Å². The van der Waals surface area contributed by atoms with Gasteiger partial charge in [-0.15, -0.1) is 0 Å². The molecule has 3 nitrogen and oxygen atoms in total. The highest BCUT2D eigenvalue weighted by Gasteiger charge is 2.07. The zero-order chi connectivity index (χ0) is 10.8. The van der Waals surface area contributed by atoms with Crippen LogP contribution in [0.4, 0.5) is 0 Å². The van der Waals surface area contributed by atoms with Gasteiger partial charge < -0.3 is 4.52 Å². The van der Waals surface area contributed by atoms with E-state index in [1.807, 2.05) is 25.1 Å². The lowest BCUT2D eigenvalue weighted by Crippen LogP contribution is -1.82. The standard InChI is InChI=1S/C11H9BrN2O/c1-3-10-13-11(14-15-10)8-5-4-7(2)9(12)6-8/h3-6H,1H2,2H3. The predicted molar refractivity (Wildman–Crippen MR) is 62.3 cm³/mol. The minimum absolute atomic E-state index is 0.432. The van der Waals surface area contributed by atoms with Crippen LogP contribution in [-0.4, -0.2) is 10.1 Å². The van der Waals surface area contributed by atoms with Crippen molar-refractivity contribution in [3.63, 3.8) is 0 Å². The number of rotatable bonds is 2. The van der Waals surface area contributed by atoms with Gasteiger partial charge in [-0.3, -0.25) is 0 Å². The Hall–Kier alpha value is -1.42. The van der Waals surface area contributed by atoms with Crippen LogP contribution in [0.2, 0.25) is 0 Å². The van der Waals surface area contributed by atoms with Gasteiger partial charge in [0, 0.05) is 10.0 Å². The molecule has 1 heterocycles. The molecule has 0 atom stereocenters. The molecule has 15 heavy (non-hydrogen) atoms. The van der Waals surface area contributed by atoms with Gasteiger partial charge in [-0.05, 0) is 24.6 Å². The molecule has 4 heteroatoms. The molecule has 1 aromatic heterocycles. The molecule has 0 spiro atoms. The van der Waals surface area contributed by atoms with Crippen molar-refractivity contribution in [2.45, 2.75) is 6.92 Å². The minimum Gasteiger partial charge on any atom is -0.334 e. The SMILES string of the molecule is C=Cc1nc(-c2ccc(C)c(Br)c2)no1. The third-order valence-corrected chi connectivity index (χ3v) is 2.90. The van der Waals surface area contributed by atoms with Crippen molar-refractivity contribution in [1.82, 2.24) is 10.1 Å². The van der Waals surface area contributed by atoms with E-state index < -0.39 is 0 Å². The summed E-state index contributed by atoms with van der Waals surface area (Å²) in [5.41, 5.74) is 2.09. The Morgan fingerprint density at radius 2 is 2.27 bits per heavy atom. The lowest BCUT2D eigenvalue weighted by atomic mass is 10.1. The Kier molecular flexibility index (Phi) is 2.68. The maximum atomic E-state index is 4.94. The van der Waals surface area contributed by atoms with Gasteiger partial charge >= 0.3 is 0 Å². The predicted octanol–water partition coefficient (Wildman–Crippen LogP) is 3.45. The monoisotopic (exact) mass is 264 g/mol. The molecule has 0 fully saturated rings. The lowest BCUT2D eigenvalue weighted by molar-refractivity contribution is 0.411. The van der Waals surface area contributed by atoms with Crippen molar-refractivity contribution < 1.29 is 4.52 Å². The molecule has 0 aliphatic heterocycles. The smallest absolute Gasteiger partial charge is 0.250 e. The molecule has 0 radical (unpaired) electrons. The molecule has 0 N–H and O–H groups in total. The van der Waals surface area contributed by atoms with Gasteiger partial charge in [0.15, 0.2) is 0 Å². The molecule has 1 aromatic carbocycles. The minimum atomic E-state index is 0.432. The first kappa shape index (κ1) is 10.1. The first-order valence-electron chi connectivity index (χ1n) is 4.43. The van der Waals surface area contributed by atoms with E-state index in [0.717, 1.165) is 10.0 Å². The average molecular weight is 265 g/mol. The van der Waals surface area contributed by atoms with Crippen LogP contribution in [0, 0.1) is 6.92 Å². The molecule has 76 valence electrons. The van der Waals surface area contributed by atoms with Crippen molar-refractivity contribution >= 4 is 22.0 Å². The molecule has 0 saturated heterocycles. The zero-order valence-corrected chi connectivity index (χ0v) is 9.78. The van der Waals surface area contributed by atoms with Crippen molar-refractivity contribution in [2.24, 2.45) is 0 Å². The topological polar surface area (TPSA) is 38.9 Å². The average Bonchev–Trinajstić information content (AvgIpc) is 2.70. The van der Waals surface area contributed by atoms with E-state index in [-0.39, 0.29) is 0 Å². The quantitative estimate of drug-likeness (QED) is 0.834. The molecule has 0 aliphatic carbocycles. The molecule has 0 amide bonds. The van der Waals surface area contributed by atoms with Crippen LogP contribution in [0.3, 0.4) is 0 Å². The molecule has 0 bridgehead atoms. The lowest BCUT2D eigenvalue weighted by Gasteiger charge is -1.98. The van der Waals surface area contributed by atoms with E-state index in [1.165, 1.54) is 11.6 Å². The third-order valence-electron chi connectivity index (χ3n) is 2.05. The highest BCUT2D eigenvalue weighted by Crippen LogP contribution is 2.23. The second-order valence-corrected chi connectivity index (χ2v) is 3.98. The molecule has 2 rings (SSSR count). The third kappa shape index (κ3) is 1.99. The molecule has 2 aromatic rings. The van der Waals surface area contributed by atoms with Crippen LogP contribution in [0.25, 0.3) is 17.5 Å². The van der Waals surface area contributed by atoms with Crippen molar-refractivity contribution in [3.8, 4) is 11.4 Å². The fraction of sp³-hybridized carbons (Fsp3) is 0.0909. The summed E-state index contributed by atoms with van der Waals surface area (Å²) < 4.78 is 5.98. The number of benzene rings is 1. The first-order valence-corrected chi connectivity index (χ1v) is 5.22. The summed E-state index contributed by atoms with van der Waals surface area (Å²) in [6.07, 6.45) is 1.53. The van der Waals surface area contributed by atoms with Crippen molar-refractivity contribution in [1.29, 1.82) is 0 Å². The maximum absolute atomic E-state index is 4.94. The fourth-order valence-electron chi connectivity index (χ4n) is 1.17. The van der Waals surface area contributed by atoms with Gasteiger partial charge in [0.1, 0.15) is 0 Å². The summed E-state index contributed by atoms with van der Waals surface area (Å²) in [5.74, 6) is 1.01. The van der Waals surface area contributed by atoms with Crippen LogP contribution < -0.4 is 0 Å². The van der Waals surface area contributed by atoms with Gasteiger partial charge in [-0.2, -0.15) is 4.98 Å². The van der Waals surface area contributed by atoms with E-state index in [9.17, 15) is 0 Å². The van der Waals surface area contributed by atoms with Gasteiger partial charge in [0.25, 0.3) is 0 Å². The van der Waals surface area contributed by atoms with E-state index in [4.69, 9.17) is 4.52 Å². The highest BCUT2D eigenvalue weighted by molar-refractivity contribution is 9.10. The number of hydrogen-bond donors (Lipinski definition) is 0. The number of nitrogens with zero attached hydrogens (tertiary/aromatic N) is 2. The van der Waals surface area contributed by atoms with Crippen molar-refractivity contribution in [3.05, 3.63) is 40.7 Å². The van der Waals surface area contributed by atoms with Crippen LogP contribution in [0.5, 0.6) is 0 Å². The molecular formula is C11H9BrN2O. The van der Waals surface area contributed by atoms with Gasteiger partial charge in [0.05, 0.1) is 0 Å². The van der Waals surface area contributed by atoms with E-state index in [2.05, 4.69) is 32.6 Å². The Morgan fingerprint density at radius 3 is 2.87 bits per heavy atom. The Labute approximate surface area is 95.9 Å². The number of aromatic nitrogens is 2. The van der Waals surface area contributed by atoms with Crippen LogP contribution in [0.1, 0.15) is 11.5 Å². The Morgan fingerprint density at radius 1 is 1.47 bits per heavy atom. The molecule has 0 aliphatic rings. The Bertz CT molecular complexity index is 505. The number of halogens is 1. The normalized spacial score (nSPS) is 10.3. The summed E-state index contributed by atoms with van der Waals surface area (Å²) in [5, 5.41) is 3.85.